The first-order chi connectivity index (χ1) is 8.97. The zero-order valence-electron chi connectivity index (χ0n) is 10.5. The van der Waals surface area contributed by atoms with Gasteiger partial charge in [-0.05, 0) is 11.4 Å². The average molecular weight is 301 g/mol. The van der Waals surface area contributed by atoms with E-state index in [-0.39, 0.29) is 11.3 Å². The van der Waals surface area contributed by atoms with Crippen LogP contribution < -0.4 is 10.9 Å². The molecule has 0 aliphatic heterocycles. The zero-order chi connectivity index (χ0) is 13.9. The Kier molecular flexibility index (Phi) is 4.33. The lowest BCUT2D eigenvalue weighted by Crippen LogP contribution is -2.29. The Bertz CT molecular complexity index is 718. The van der Waals surface area contributed by atoms with Crippen molar-refractivity contribution in [1.29, 1.82) is 0 Å². The number of rotatable bonds is 6. The number of hydrogen-bond donors (Lipinski definition) is 1. The molecule has 0 fully saturated rings. The second-order valence-electron chi connectivity index (χ2n) is 4.26. The van der Waals surface area contributed by atoms with Crippen molar-refractivity contribution < 1.29 is 8.42 Å². The summed E-state index contributed by atoms with van der Waals surface area (Å²) in [6.45, 7) is 1.40. The summed E-state index contributed by atoms with van der Waals surface area (Å²) in [6.07, 6.45) is 2.73. The Morgan fingerprint density at radius 3 is 2.95 bits per heavy atom. The molecular formula is C11H15N3O3S2. The summed E-state index contributed by atoms with van der Waals surface area (Å²) in [5.74, 6) is 0.101. The Labute approximate surface area is 115 Å². The van der Waals surface area contributed by atoms with E-state index in [1.54, 1.807) is 0 Å². The van der Waals surface area contributed by atoms with Crippen LogP contribution in [-0.2, 0) is 16.4 Å². The van der Waals surface area contributed by atoms with Crippen molar-refractivity contribution in [1.82, 2.24) is 14.9 Å². The summed E-state index contributed by atoms with van der Waals surface area (Å²) in [4.78, 5) is 16.2. The van der Waals surface area contributed by atoms with E-state index in [4.69, 9.17) is 0 Å². The fraction of sp³-hybridized carbons (Fsp3) is 0.455. The predicted octanol–water partition coefficient (Wildman–Crippen LogP) is 0.0922. The average Bonchev–Trinajstić information content (AvgIpc) is 2.79. The number of aromatic nitrogens is 2. The molecule has 0 radical (unpaired) electrons. The van der Waals surface area contributed by atoms with E-state index >= 15 is 0 Å². The highest BCUT2D eigenvalue weighted by atomic mass is 32.2. The molecule has 0 saturated carbocycles. The normalized spacial score (nSPS) is 12.1. The first-order valence-electron chi connectivity index (χ1n) is 5.78. The van der Waals surface area contributed by atoms with Crippen LogP contribution in [0.25, 0.3) is 10.2 Å². The van der Waals surface area contributed by atoms with E-state index in [1.165, 1.54) is 28.5 Å². The number of nitrogens with one attached hydrogen (secondary N) is 1. The number of thiophene rings is 1. The summed E-state index contributed by atoms with van der Waals surface area (Å²) in [7, 11) is -2.94. The summed E-state index contributed by atoms with van der Waals surface area (Å²) in [5, 5.41) is 4.84. The predicted molar refractivity (Wildman–Crippen MR) is 76.5 cm³/mol. The molecule has 0 aliphatic carbocycles. The van der Waals surface area contributed by atoms with Gasteiger partial charge >= 0.3 is 0 Å². The molecule has 0 amide bonds. The third-order valence-corrected chi connectivity index (χ3v) is 4.45. The van der Waals surface area contributed by atoms with Crippen molar-refractivity contribution >= 4 is 31.4 Å². The van der Waals surface area contributed by atoms with Crippen molar-refractivity contribution in [3.63, 3.8) is 0 Å². The molecular weight excluding hydrogens is 286 g/mol. The largest absolute Gasteiger partial charge is 0.314 e. The van der Waals surface area contributed by atoms with Gasteiger partial charge in [0.15, 0.2) is 0 Å². The van der Waals surface area contributed by atoms with E-state index in [9.17, 15) is 13.2 Å². The first-order valence-corrected chi connectivity index (χ1v) is 8.72. The minimum atomic E-state index is -2.94. The van der Waals surface area contributed by atoms with Crippen LogP contribution in [0.3, 0.4) is 0 Å². The maximum absolute atomic E-state index is 12.0. The van der Waals surface area contributed by atoms with Gasteiger partial charge in [-0.2, -0.15) is 0 Å². The molecule has 0 bridgehead atoms. The molecule has 104 valence electrons. The van der Waals surface area contributed by atoms with Gasteiger partial charge in [0.1, 0.15) is 14.5 Å². The standard InChI is InChI=1S/C11H15N3O3S2/c1-19(16,17)7-4-12-3-5-14-8-13-9-2-6-18-10(9)11(14)15/h2,6,8,12H,3-5,7H2,1H3. The summed E-state index contributed by atoms with van der Waals surface area (Å²) < 4.78 is 24.0. The number of nitrogens with zero attached hydrogens (tertiary/aromatic N) is 2. The van der Waals surface area contributed by atoms with Crippen LogP contribution in [0.5, 0.6) is 0 Å². The van der Waals surface area contributed by atoms with Crippen LogP contribution >= 0.6 is 11.3 Å². The summed E-state index contributed by atoms with van der Waals surface area (Å²) in [6, 6.07) is 1.82. The molecule has 0 atom stereocenters. The van der Waals surface area contributed by atoms with Gasteiger partial charge in [0.25, 0.3) is 5.56 Å². The molecule has 2 heterocycles. The second kappa shape index (κ2) is 5.81. The van der Waals surface area contributed by atoms with Gasteiger partial charge in [0.05, 0.1) is 17.6 Å². The fourth-order valence-corrected chi connectivity index (χ4v) is 2.93. The Balaban J connectivity index is 1.91. The van der Waals surface area contributed by atoms with Gasteiger partial charge in [-0.25, -0.2) is 13.4 Å². The fourth-order valence-electron chi connectivity index (χ4n) is 1.62. The summed E-state index contributed by atoms with van der Waals surface area (Å²) in [5.41, 5.74) is 0.668. The molecule has 2 aromatic rings. The number of fused-ring (bicyclic) bond motifs is 1. The van der Waals surface area contributed by atoms with E-state index in [0.717, 1.165) is 5.52 Å². The van der Waals surface area contributed by atoms with Crippen LogP contribution in [0.1, 0.15) is 0 Å². The zero-order valence-corrected chi connectivity index (χ0v) is 12.1. The summed E-state index contributed by atoms with van der Waals surface area (Å²) >= 11 is 1.38. The minimum Gasteiger partial charge on any atom is -0.314 e. The number of sulfone groups is 1. The molecule has 19 heavy (non-hydrogen) atoms. The Morgan fingerprint density at radius 2 is 2.21 bits per heavy atom. The van der Waals surface area contributed by atoms with E-state index < -0.39 is 9.84 Å². The third kappa shape index (κ3) is 3.85. The van der Waals surface area contributed by atoms with Crippen LogP contribution in [0.15, 0.2) is 22.6 Å². The molecule has 0 aliphatic rings. The Hall–Kier alpha value is -1.25. The van der Waals surface area contributed by atoms with E-state index in [1.807, 2.05) is 11.4 Å². The first kappa shape index (κ1) is 14.2. The smallest absolute Gasteiger partial charge is 0.271 e. The van der Waals surface area contributed by atoms with Gasteiger partial charge in [-0.1, -0.05) is 0 Å². The molecule has 0 spiro atoms. The molecule has 1 N–H and O–H groups in total. The highest BCUT2D eigenvalue weighted by Gasteiger charge is 2.05. The maximum Gasteiger partial charge on any atom is 0.271 e. The topological polar surface area (TPSA) is 81.1 Å². The van der Waals surface area contributed by atoms with Gasteiger partial charge in [-0.3, -0.25) is 9.36 Å². The Morgan fingerprint density at radius 1 is 1.42 bits per heavy atom. The highest BCUT2D eigenvalue weighted by molar-refractivity contribution is 7.90. The molecule has 0 unspecified atom stereocenters. The van der Waals surface area contributed by atoms with Crippen molar-refractivity contribution in [2.45, 2.75) is 6.54 Å². The lowest BCUT2D eigenvalue weighted by Gasteiger charge is -2.06. The molecule has 2 aromatic heterocycles. The minimum absolute atomic E-state index is 0.0510. The maximum atomic E-state index is 12.0. The second-order valence-corrected chi connectivity index (χ2v) is 7.43. The quantitative estimate of drug-likeness (QED) is 0.765. The van der Waals surface area contributed by atoms with Gasteiger partial charge in [0, 0.05) is 25.9 Å². The van der Waals surface area contributed by atoms with E-state index in [0.29, 0.717) is 24.3 Å². The van der Waals surface area contributed by atoms with Crippen LogP contribution in [0.2, 0.25) is 0 Å². The van der Waals surface area contributed by atoms with Crippen molar-refractivity contribution in [3.05, 3.63) is 28.1 Å². The molecule has 2 rings (SSSR count). The molecule has 6 nitrogen and oxygen atoms in total. The SMILES string of the molecule is CS(=O)(=O)CCNCCn1cnc2ccsc2c1=O. The lowest BCUT2D eigenvalue weighted by molar-refractivity contribution is 0.580. The van der Waals surface area contributed by atoms with Crippen LogP contribution in [0.4, 0.5) is 0 Å². The third-order valence-electron chi connectivity index (χ3n) is 2.61. The van der Waals surface area contributed by atoms with Crippen molar-refractivity contribution in [3.8, 4) is 0 Å². The highest BCUT2D eigenvalue weighted by Crippen LogP contribution is 2.12. The van der Waals surface area contributed by atoms with Crippen LogP contribution in [0, 0.1) is 0 Å². The molecule has 0 aromatic carbocycles. The van der Waals surface area contributed by atoms with Crippen molar-refractivity contribution in [2.75, 3.05) is 25.1 Å². The van der Waals surface area contributed by atoms with Crippen molar-refractivity contribution in [2.24, 2.45) is 0 Å². The monoisotopic (exact) mass is 301 g/mol. The van der Waals surface area contributed by atoms with Gasteiger partial charge < -0.3 is 5.32 Å². The molecule has 0 saturated heterocycles. The van der Waals surface area contributed by atoms with Crippen LogP contribution in [-0.4, -0.2) is 43.1 Å². The van der Waals surface area contributed by atoms with Gasteiger partial charge in [0.2, 0.25) is 0 Å². The lowest BCUT2D eigenvalue weighted by atomic mass is 10.4. The number of hydrogen-bond acceptors (Lipinski definition) is 6. The van der Waals surface area contributed by atoms with E-state index in [2.05, 4.69) is 10.3 Å². The molecule has 8 heteroatoms. The van der Waals surface area contributed by atoms with Gasteiger partial charge in [-0.15, -0.1) is 11.3 Å².